The Hall–Kier alpha value is 3.84. The summed E-state index contributed by atoms with van der Waals surface area (Å²) >= 11 is 0. The van der Waals surface area contributed by atoms with Gasteiger partial charge in [-0.25, -0.2) is 0 Å². The fourth-order valence-electron chi connectivity index (χ4n) is 0. The second kappa shape index (κ2) is 10.8. The molecule has 0 aliphatic rings. The van der Waals surface area contributed by atoms with Gasteiger partial charge in [0, 0.05) is 0 Å². The molecule has 0 heterocycles. The van der Waals surface area contributed by atoms with Crippen molar-refractivity contribution in [3.63, 3.8) is 0 Å². The maximum atomic E-state index is 8.58. The van der Waals surface area contributed by atoms with Crippen LogP contribution in [0.4, 0.5) is 0 Å². The van der Waals surface area contributed by atoms with Gasteiger partial charge in [0.05, 0.1) is 0 Å². The van der Waals surface area contributed by atoms with Crippen molar-refractivity contribution < 1.29 is 19.2 Å². The van der Waals surface area contributed by atoms with Gasteiger partial charge < -0.3 is 28.2 Å². The Bertz CT molecular complexity index is 26.8. The Morgan fingerprint density at radius 3 is 0.625 bits per heavy atom. The summed E-state index contributed by atoms with van der Waals surface area (Å²) in [4.78, 5) is 34.3. The van der Waals surface area contributed by atoms with Crippen LogP contribution in [0.1, 0.15) is 0 Å². The molecule has 0 radical (unpaired) electrons. The second-order valence-electron chi connectivity index (χ2n) is 0.500. The van der Waals surface area contributed by atoms with Crippen LogP contribution in [0.2, 0.25) is 0 Å². The molecule has 0 fully saturated rings. The van der Waals surface area contributed by atoms with E-state index in [9.17, 15) is 0 Å². The van der Waals surface area contributed by atoms with Crippen LogP contribution < -0.4 is 19.2 Å². The van der Waals surface area contributed by atoms with Gasteiger partial charge in [0.1, 0.15) is 0 Å². The van der Waals surface area contributed by atoms with Crippen molar-refractivity contribution in [3.8, 4) is 0 Å². The normalized spacial score (nSPS) is 7.50. The molecule has 0 N–H and O–H groups in total. The molecule has 8 heavy (non-hydrogen) atoms. The summed E-state index contributed by atoms with van der Waals surface area (Å²) in [6.45, 7) is 0. The third-order valence-corrected chi connectivity index (χ3v) is 0. The minimum Gasteiger partial charge on any atom is -0.894 e. The summed E-state index contributed by atoms with van der Waals surface area (Å²) in [5, 5.41) is 0. The Morgan fingerprint density at radius 1 is 0.625 bits per heavy atom. The van der Waals surface area contributed by atoms with Gasteiger partial charge in [-0.15, -0.1) is 0 Å². The maximum absolute atomic E-state index is 8.58. The Labute approximate surface area is 138 Å². The molecule has 0 atom stereocenters. The number of rotatable bonds is 0. The zero-order valence-corrected chi connectivity index (χ0v) is 11.9. The molecule has 8 heteroatoms. The summed E-state index contributed by atoms with van der Waals surface area (Å²) in [5.74, 6) is 0. The van der Waals surface area contributed by atoms with E-state index in [4.69, 9.17) is 19.2 Å². The molecule has 0 spiro atoms. The van der Waals surface area contributed by atoms with Gasteiger partial charge in [0.15, 0.2) is 0 Å². The topological polar surface area (TPSA) is 92.2 Å². The monoisotopic (exact) mass is 212 g/mol. The van der Waals surface area contributed by atoms with E-state index < -0.39 is 9.05 Å². The molecule has 0 bridgehead atoms. The van der Waals surface area contributed by atoms with Crippen molar-refractivity contribution in [2.75, 3.05) is 0 Å². The molecule has 0 saturated carbocycles. The summed E-state index contributed by atoms with van der Waals surface area (Å²) in [7, 11) is -5.61. The van der Waals surface area contributed by atoms with Crippen molar-refractivity contribution in [1.82, 2.24) is 0 Å². The van der Waals surface area contributed by atoms with Gasteiger partial charge in [-0.2, -0.15) is 0 Å². The molecule has 0 unspecified atom stereocenters. The van der Waals surface area contributed by atoms with Crippen molar-refractivity contribution >= 4 is 122 Å². The SMILES string of the molecule is [Ca+2].[Ca+2].[Ca+2].[O-][Si]([O-])([O-])[O-]. The van der Waals surface area contributed by atoms with Gasteiger partial charge in [-0.05, 0) is 0 Å². The molecule has 0 rings (SSSR count). The minimum absolute atomic E-state index is 0. The predicted molar refractivity (Wildman–Crippen MR) is 23.0 cm³/mol. The van der Waals surface area contributed by atoms with E-state index in [1.54, 1.807) is 0 Å². The molecule has 0 amide bonds. The Kier molecular flexibility index (Phi) is 30.7. The predicted octanol–water partition coefficient (Wildman–Crippen LogP) is -6.28. The zero-order chi connectivity index (χ0) is 4.50. The van der Waals surface area contributed by atoms with Crippen molar-refractivity contribution in [2.24, 2.45) is 0 Å². The van der Waals surface area contributed by atoms with E-state index in [1.807, 2.05) is 0 Å². The van der Waals surface area contributed by atoms with Gasteiger partial charge >= 0.3 is 113 Å². The van der Waals surface area contributed by atoms with Crippen LogP contribution in [0.25, 0.3) is 0 Å². The summed E-state index contributed by atoms with van der Waals surface area (Å²) < 4.78 is 0. The summed E-state index contributed by atoms with van der Waals surface area (Å²) in [6, 6.07) is 0. The van der Waals surface area contributed by atoms with E-state index in [0.717, 1.165) is 0 Å². The Morgan fingerprint density at radius 2 is 0.625 bits per heavy atom. The largest absolute Gasteiger partial charge is 2.00 e. The van der Waals surface area contributed by atoms with E-state index >= 15 is 0 Å². The van der Waals surface area contributed by atoms with Crippen molar-refractivity contribution in [1.29, 1.82) is 0 Å². The van der Waals surface area contributed by atoms with Crippen molar-refractivity contribution in [3.05, 3.63) is 0 Å². The van der Waals surface area contributed by atoms with Gasteiger partial charge in [0.25, 0.3) is 0 Å². The average Bonchev–Trinajstić information content (AvgIpc) is 0.722. The van der Waals surface area contributed by atoms with E-state index in [-0.39, 0.29) is 113 Å². The third-order valence-electron chi connectivity index (χ3n) is 0. The van der Waals surface area contributed by atoms with Crippen LogP contribution >= 0.6 is 0 Å². The minimum atomic E-state index is -5.61. The molecule has 0 aromatic rings. The molecule has 0 aromatic heterocycles. The molecule has 0 saturated heterocycles. The van der Waals surface area contributed by atoms with E-state index in [0.29, 0.717) is 0 Å². The van der Waals surface area contributed by atoms with E-state index in [1.165, 1.54) is 0 Å². The fraction of sp³-hybridized carbons (Fsp3) is 0. The van der Waals surface area contributed by atoms with Crippen molar-refractivity contribution in [2.45, 2.75) is 0 Å². The summed E-state index contributed by atoms with van der Waals surface area (Å²) in [5.41, 5.74) is 0. The average molecular weight is 212 g/mol. The first-order valence-electron chi connectivity index (χ1n) is 0.816. The summed E-state index contributed by atoms with van der Waals surface area (Å²) in [6.07, 6.45) is 0. The van der Waals surface area contributed by atoms with E-state index in [2.05, 4.69) is 0 Å². The maximum Gasteiger partial charge on any atom is 2.00 e. The first kappa shape index (κ1) is 22.6. The molecule has 0 aliphatic heterocycles. The molecular formula is Ca3O4Si+2. The quantitative estimate of drug-likeness (QED) is 0.373. The van der Waals surface area contributed by atoms with Crippen LogP contribution in [-0.2, 0) is 0 Å². The second-order valence-corrected chi connectivity index (χ2v) is 1.50. The number of hydrogen-bond acceptors (Lipinski definition) is 4. The molecule has 0 aliphatic carbocycles. The van der Waals surface area contributed by atoms with Crippen LogP contribution in [0.3, 0.4) is 0 Å². The van der Waals surface area contributed by atoms with Crippen LogP contribution in [0.5, 0.6) is 0 Å². The van der Waals surface area contributed by atoms with Gasteiger partial charge in [-0.3, -0.25) is 0 Å². The van der Waals surface area contributed by atoms with Crippen LogP contribution in [0, 0.1) is 0 Å². The first-order chi connectivity index (χ1) is 2.00. The first-order valence-corrected chi connectivity index (χ1v) is 2.45. The van der Waals surface area contributed by atoms with Crippen LogP contribution in [0.15, 0.2) is 0 Å². The molecular weight excluding hydrogens is 212 g/mol. The van der Waals surface area contributed by atoms with Gasteiger partial charge in [-0.1, -0.05) is 0 Å². The standard InChI is InChI=1S/3Ca.O4Si/c;;;1-5(2,3)4/q3*+2;-4. The zero-order valence-electron chi connectivity index (χ0n) is 4.25. The molecule has 4 nitrogen and oxygen atoms in total. The van der Waals surface area contributed by atoms with Crippen LogP contribution in [-0.4, -0.2) is 122 Å². The fourth-order valence-corrected chi connectivity index (χ4v) is 0. The molecule has 0 aromatic carbocycles. The smallest absolute Gasteiger partial charge is 0.894 e. The number of hydrogen-bond donors (Lipinski definition) is 0. The third kappa shape index (κ3) is 52.2. The molecule has 32 valence electrons. The van der Waals surface area contributed by atoms with Gasteiger partial charge in [0.2, 0.25) is 0 Å². The Balaban J connectivity index is -0.0000000267.